The van der Waals surface area contributed by atoms with Crippen LogP contribution in [0.15, 0.2) is 65.3 Å². The van der Waals surface area contributed by atoms with Gasteiger partial charge in [0.15, 0.2) is 5.82 Å². The summed E-state index contributed by atoms with van der Waals surface area (Å²) in [6, 6.07) is 16.5. The van der Waals surface area contributed by atoms with E-state index in [-0.39, 0.29) is 6.61 Å². The van der Waals surface area contributed by atoms with Crippen molar-refractivity contribution in [2.45, 2.75) is 13.5 Å². The van der Waals surface area contributed by atoms with Crippen LogP contribution in [0.5, 0.6) is 0 Å². The number of para-hydroxylation sites is 1. The average Bonchev–Trinajstić information content (AvgIpc) is 3.12. The van der Waals surface area contributed by atoms with E-state index in [1.807, 2.05) is 30.3 Å². The molecule has 2 heterocycles. The van der Waals surface area contributed by atoms with Crippen molar-refractivity contribution >= 4 is 16.9 Å². The van der Waals surface area contributed by atoms with Gasteiger partial charge in [0, 0.05) is 22.7 Å². The normalized spacial score (nSPS) is 10.8. The number of hydrogen-bond donors (Lipinski definition) is 0. The predicted octanol–water partition coefficient (Wildman–Crippen LogP) is 3.95. The molecular weight excluding hydrogens is 330 g/mol. The van der Waals surface area contributed by atoms with Gasteiger partial charge in [-0.25, -0.2) is 4.79 Å². The molecule has 0 fully saturated rings. The first kappa shape index (κ1) is 16.0. The van der Waals surface area contributed by atoms with Crippen molar-refractivity contribution < 1.29 is 14.1 Å². The second-order valence-electron chi connectivity index (χ2n) is 5.79. The van der Waals surface area contributed by atoms with Gasteiger partial charge in [0.25, 0.3) is 5.89 Å². The fourth-order valence-corrected chi connectivity index (χ4v) is 2.67. The minimum atomic E-state index is -0.397. The molecular formula is C20H15N3O3. The van der Waals surface area contributed by atoms with Gasteiger partial charge in [-0.2, -0.15) is 4.98 Å². The van der Waals surface area contributed by atoms with Crippen molar-refractivity contribution in [1.29, 1.82) is 0 Å². The standard InChI is InChI=1S/C20H15N3O3/c1-13-22-19(26-23-13)15-7-9-16(10-8-15)20(24)25-12-17-5-2-4-14-6-3-11-21-18(14)17/h2-11H,12H2,1H3. The highest BCUT2D eigenvalue weighted by Crippen LogP contribution is 2.19. The van der Waals surface area contributed by atoms with Crippen molar-refractivity contribution in [3.8, 4) is 11.5 Å². The Morgan fingerprint density at radius 2 is 1.88 bits per heavy atom. The van der Waals surface area contributed by atoms with Gasteiger partial charge in [-0.1, -0.05) is 29.4 Å². The number of rotatable bonds is 4. The van der Waals surface area contributed by atoms with Crippen LogP contribution in [0.2, 0.25) is 0 Å². The zero-order valence-corrected chi connectivity index (χ0v) is 14.0. The van der Waals surface area contributed by atoms with Crippen LogP contribution in [0.1, 0.15) is 21.7 Å². The van der Waals surface area contributed by atoms with E-state index in [1.54, 1.807) is 37.4 Å². The maximum absolute atomic E-state index is 12.3. The maximum atomic E-state index is 12.3. The first-order valence-electron chi connectivity index (χ1n) is 8.11. The minimum absolute atomic E-state index is 0.164. The Bertz CT molecular complexity index is 1070. The van der Waals surface area contributed by atoms with Crippen molar-refractivity contribution in [3.05, 3.63) is 77.7 Å². The molecule has 0 saturated heterocycles. The smallest absolute Gasteiger partial charge is 0.338 e. The molecule has 0 aliphatic rings. The Hall–Kier alpha value is -3.54. The van der Waals surface area contributed by atoms with Gasteiger partial charge in [0.05, 0.1) is 11.1 Å². The highest BCUT2D eigenvalue weighted by Gasteiger charge is 2.11. The zero-order chi connectivity index (χ0) is 17.9. The lowest BCUT2D eigenvalue weighted by Gasteiger charge is -2.07. The van der Waals surface area contributed by atoms with E-state index in [9.17, 15) is 4.79 Å². The average molecular weight is 345 g/mol. The zero-order valence-electron chi connectivity index (χ0n) is 14.0. The molecule has 4 aromatic rings. The van der Waals surface area contributed by atoms with Crippen molar-refractivity contribution in [2.24, 2.45) is 0 Å². The van der Waals surface area contributed by atoms with Gasteiger partial charge >= 0.3 is 5.97 Å². The molecule has 0 aliphatic carbocycles. The summed E-state index contributed by atoms with van der Waals surface area (Å²) in [6.45, 7) is 1.92. The molecule has 0 amide bonds. The minimum Gasteiger partial charge on any atom is -0.457 e. The molecule has 2 aromatic heterocycles. The molecule has 128 valence electrons. The van der Waals surface area contributed by atoms with E-state index in [0.29, 0.717) is 17.3 Å². The van der Waals surface area contributed by atoms with Crippen molar-refractivity contribution in [3.63, 3.8) is 0 Å². The molecule has 2 aromatic carbocycles. The summed E-state index contributed by atoms with van der Waals surface area (Å²) >= 11 is 0. The number of aromatic nitrogens is 3. The fourth-order valence-electron chi connectivity index (χ4n) is 2.67. The number of ether oxygens (including phenoxy) is 1. The van der Waals surface area contributed by atoms with Crippen molar-refractivity contribution in [2.75, 3.05) is 0 Å². The number of esters is 1. The summed E-state index contributed by atoms with van der Waals surface area (Å²) in [5, 5.41) is 4.77. The third-order valence-electron chi connectivity index (χ3n) is 3.97. The Balaban J connectivity index is 1.48. The molecule has 0 atom stereocenters. The van der Waals surface area contributed by atoms with Crippen LogP contribution < -0.4 is 0 Å². The molecule has 0 aliphatic heterocycles. The Kier molecular flexibility index (Phi) is 4.15. The van der Waals surface area contributed by atoms with Gasteiger partial charge in [0.1, 0.15) is 6.61 Å². The van der Waals surface area contributed by atoms with E-state index in [0.717, 1.165) is 22.0 Å². The highest BCUT2D eigenvalue weighted by molar-refractivity contribution is 5.90. The highest BCUT2D eigenvalue weighted by atomic mass is 16.5. The topological polar surface area (TPSA) is 78.1 Å². The summed E-state index contributed by atoms with van der Waals surface area (Å²) in [7, 11) is 0. The molecule has 0 radical (unpaired) electrons. The number of aryl methyl sites for hydroxylation is 1. The van der Waals surface area contributed by atoms with Crippen LogP contribution in [0.3, 0.4) is 0 Å². The monoisotopic (exact) mass is 345 g/mol. The van der Waals surface area contributed by atoms with Crippen LogP contribution in [-0.4, -0.2) is 21.1 Å². The van der Waals surface area contributed by atoms with E-state index >= 15 is 0 Å². The van der Waals surface area contributed by atoms with E-state index in [4.69, 9.17) is 9.26 Å². The third kappa shape index (κ3) is 3.17. The van der Waals surface area contributed by atoms with Crippen LogP contribution >= 0.6 is 0 Å². The summed E-state index contributed by atoms with van der Waals surface area (Å²) in [6.07, 6.45) is 1.73. The Morgan fingerprint density at radius 1 is 1.08 bits per heavy atom. The summed E-state index contributed by atoms with van der Waals surface area (Å²) < 4.78 is 10.6. The summed E-state index contributed by atoms with van der Waals surface area (Å²) in [5.74, 6) is 0.586. The first-order chi connectivity index (χ1) is 12.7. The number of hydrogen-bond acceptors (Lipinski definition) is 6. The molecule has 0 saturated carbocycles. The molecule has 0 N–H and O–H groups in total. The summed E-state index contributed by atoms with van der Waals surface area (Å²) in [5.41, 5.74) is 2.91. The Labute approximate surface area is 149 Å². The molecule has 26 heavy (non-hydrogen) atoms. The first-order valence-corrected chi connectivity index (χ1v) is 8.11. The molecule has 0 spiro atoms. The number of benzene rings is 2. The second-order valence-corrected chi connectivity index (χ2v) is 5.79. The number of nitrogens with zero attached hydrogens (tertiary/aromatic N) is 3. The molecule has 4 rings (SSSR count). The van der Waals surface area contributed by atoms with Crippen LogP contribution in [-0.2, 0) is 11.3 Å². The van der Waals surface area contributed by atoms with Gasteiger partial charge in [-0.3, -0.25) is 4.98 Å². The lowest BCUT2D eigenvalue weighted by Crippen LogP contribution is -2.05. The Morgan fingerprint density at radius 3 is 2.65 bits per heavy atom. The number of fused-ring (bicyclic) bond motifs is 1. The predicted molar refractivity (Wildman–Crippen MR) is 95.3 cm³/mol. The SMILES string of the molecule is Cc1noc(-c2ccc(C(=O)OCc3cccc4cccnc34)cc2)n1. The molecule has 6 heteroatoms. The quantitative estimate of drug-likeness (QED) is 0.521. The number of carbonyl (C=O) groups excluding carboxylic acids is 1. The van der Waals surface area contributed by atoms with Gasteiger partial charge in [-0.15, -0.1) is 0 Å². The lowest BCUT2D eigenvalue weighted by atomic mass is 10.1. The lowest BCUT2D eigenvalue weighted by molar-refractivity contribution is 0.0474. The van der Waals surface area contributed by atoms with E-state index in [1.165, 1.54) is 0 Å². The largest absolute Gasteiger partial charge is 0.457 e. The van der Waals surface area contributed by atoms with Gasteiger partial charge < -0.3 is 9.26 Å². The van der Waals surface area contributed by atoms with Crippen LogP contribution in [0.4, 0.5) is 0 Å². The maximum Gasteiger partial charge on any atom is 0.338 e. The second kappa shape index (κ2) is 6.76. The fraction of sp³-hybridized carbons (Fsp3) is 0.100. The molecule has 0 bridgehead atoms. The van der Waals surface area contributed by atoms with Crippen molar-refractivity contribution in [1.82, 2.24) is 15.1 Å². The molecule has 6 nitrogen and oxygen atoms in total. The van der Waals surface area contributed by atoms with Crippen LogP contribution in [0, 0.1) is 6.92 Å². The van der Waals surface area contributed by atoms with E-state index < -0.39 is 5.97 Å². The van der Waals surface area contributed by atoms with Gasteiger partial charge in [-0.05, 0) is 37.3 Å². The van der Waals surface area contributed by atoms with E-state index in [2.05, 4.69) is 15.1 Å². The third-order valence-corrected chi connectivity index (χ3v) is 3.97. The number of carbonyl (C=O) groups is 1. The number of pyridine rings is 1. The van der Waals surface area contributed by atoms with Gasteiger partial charge in [0.2, 0.25) is 0 Å². The van der Waals surface area contributed by atoms with Crippen LogP contribution in [0.25, 0.3) is 22.4 Å². The molecule has 0 unspecified atom stereocenters. The summed E-state index contributed by atoms with van der Waals surface area (Å²) in [4.78, 5) is 20.8.